The van der Waals surface area contributed by atoms with E-state index < -0.39 is 0 Å². The molecule has 106 valence electrons. The van der Waals surface area contributed by atoms with Crippen LogP contribution in [-0.2, 0) is 11.3 Å². The normalized spacial score (nSPS) is 14.3. The molecule has 1 aromatic carbocycles. The van der Waals surface area contributed by atoms with E-state index >= 15 is 0 Å². The minimum atomic E-state index is -0.0782. The predicted octanol–water partition coefficient (Wildman–Crippen LogP) is 1.96. The summed E-state index contributed by atoms with van der Waals surface area (Å²) in [6.07, 6.45) is 2.50. The largest absolute Gasteiger partial charge is 0.493 e. The number of ether oxygens (including phenoxy) is 4. The first-order valence-corrected chi connectivity index (χ1v) is 6.34. The van der Waals surface area contributed by atoms with Gasteiger partial charge in [-0.1, -0.05) is 0 Å². The number of aliphatic hydroxyl groups is 1. The van der Waals surface area contributed by atoms with E-state index in [2.05, 4.69) is 0 Å². The second-order valence-corrected chi connectivity index (χ2v) is 4.56. The molecule has 1 aliphatic rings. The summed E-state index contributed by atoms with van der Waals surface area (Å²) in [5, 5.41) is 9.17. The van der Waals surface area contributed by atoms with Crippen LogP contribution in [-0.4, -0.2) is 32.7 Å². The Hall–Kier alpha value is -1.46. The van der Waals surface area contributed by atoms with Crippen LogP contribution < -0.4 is 14.2 Å². The average Bonchev–Trinajstić information content (AvgIpc) is 3.27. The van der Waals surface area contributed by atoms with E-state index in [1.165, 1.54) is 12.8 Å². The lowest BCUT2D eigenvalue weighted by molar-refractivity contribution is 0.00726. The molecule has 2 rings (SSSR count). The fourth-order valence-electron chi connectivity index (χ4n) is 1.77. The molecule has 0 atom stereocenters. The Morgan fingerprint density at radius 2 is 1.79 bits per heavy atom. The van der Waals surface area contributed by atoms with E-state index in [9.17, 15) is 5.11 Å². The molecule has 0 saturated heterocycles. The van der Waals surface area contributed by atoms with Gasteiger partial charge < -0.3 is 24.1 Å². The summed E-state index contributed by atoms with van der Waals surface area (Å²) in [6, 6.07) is 3.44. The summed E-state index contributed by atoms with van der Waals surface area (Å²) < 4.78 is 21.5. The maximum atomic E-state index is 9.17. The van der Waals surface area contributed by atoms with Gasteiger partial charge in [-0.05, 0) is 36.5 Å². The van der Waals surface area contributed by atoms with Gasteiger partial charge in [0, 0.05) is 0 Å². The first-order valence-electron chi connectivity index (χ1n) is 6.34. The van der Waals surface area contributed by atoms with Crippen molar-refractivity contribution in [1.29, 1.82) is 0 Å². The van der Waals surface area contributed by atoms with E-state index in [0.717, 1.165) is 6.61 Å². The van der Waals surface area contributed by atoms with Crippen LogP contribution in [0.5, 0.6) is 17.2 Å². The van der Waals surface area contributed by atoms with Crippen molar-refractivity contribution in [3.63, 3.8) is 0 Å². The Morgan fingerprint density at radius 3 is 2.26 bits per heavy atom. The SMILES string of the molecule is COc1cc(CO)cc(OC)c1OCOCC1CC1. The molecule has 1 saturated carbocycles. The molecule has 0 heterocycles. The maximum absolute atomic E-state index is 9.17. The zero-order chi connectivity index (χ0) is 13.7. The molecule has 5 nitrogen and oxygen atoms in total. The monoisotopic (exact) mass is 268 g/mol. The van der Waals surface area contributed by atoms with Gasteiger partial charge in [0.2, 0.25) is 5.75 Å². The van der Waals surface area contributed by atoms with E-state index in [1.54, 1.807) is 26.4 Å². The lowest BCUT2D eigenvalue weighted by Crippen LogP contribution is -2.07. The van der Waals surface area contributed by atoms with Crippen molar-refractivity contribution in [2.45, 2.75) is 19.4 Å². The zero-order valence-electron chi connectivity index (χ0n) is 11.3. The molecule has 1 aromatic rings. The smallest absolute Gasteiger partial charge is 0.206 e. The molecule has 0 bridgehead atoms. The molecule has 0 unspecified atom stereocenters. The van der Waals surface area contributed by atoms with Crippen LogP contribution in [0, 0.1) is 5.92 Å². The van der Waals surface area contributed by atoms with Gasteiger partial charge in [-0.2, -0.15) is 0 Å². The molecule has 0 spiro atoms. The molecule has 1 aliphatic carbocycles. The number of hydrogen-bond acceptors (Lipinski definition) is 5. The van der Waals surface area contributed by atoms with Gasteiger partial charge in [-0.25, -0.2) is 0 Å². The number of hydrogen-bond donors (Lipinski definition) is 1. The standard InChI is InChI=1S/C14H20O5/c1-16-12-5-11(7-15)6-13(17-2)14(12)19-9-18-8-10-3-4-10/h5-6,10,15H,3-4,7-9H2,1-2H3. The molecule has 5 heteroatoms. The highest BCUT2D eigenvalue weighted by Crippen LogP contribution is 2.38. The van der Waals surface area contributed by atoms with Crippen LogP contribution in [0.1, 0.15) is 18.4 Å². The third-order valence-corrected chi connectivity index (χ3v) is 3.04. The van der Waals surface area contributed by atoms with Crippen LogP contribution >= 0.6 is 0 Å². The van der Waals surface area contributed by atoms with Crippen molar-refractivity contribution < 1.29 is 24.1 Å². The van der Waals surface area contributed by atoms with E-state index in [0.29, 0.717) is 28.7 Å². The van der Waals surface area contributed by atoms with Gasteiger partial charge in [0.15, 0.2) is 18.3 Å². The van der Waals surface area contributed by atoms with Gasteiger partial charge in [0.05, 0.1) is 27.4 Å². The highest BCUT2D eigenvalue weighted by Gasteiger charge is 2.21. The first kappa shape index (κ1) is 14.0. The van der Waals surface area contributed by atoms with Crippen molar-refractivity contribution in [1.82, 2.24) is 0 Å². The molecule has 0 amide bonds. The lowest BCUT2D eigenvalue weighted by Gasteiger charge is -2.15. The molecule has 0 aromatic heterocycles. The minimum absolute atomic E-state index is 0.0782. The predicted molar refractivity (Wildman–Crippen MR) is 69.6 cm³/mol. The highest BCUT2D eigenvalue weighted by atomic mass is 16.7. The minimum Gasteiger partial charge on any atom is -0.493 e. The van der Waals surface area contributed by atoms with Crippen molar-refractivity contribution in [2.75, 3.05) is 27.6 Å². The second-order valence-electron chi connectivity index (χ2n) is 4.56. The lowest BCUT2D eigenvalue weighted by atomic mass is 10.2. The molecule has 1 fully saturated rings. The maximum Gasteiger partial charge on any atom is 0.206 e. The number of benzene rings is 1. The third kappa shape index (κ3) is 3.75. The van der Waals surface area contributed by atoms with Crippen LogP contribution in [0.4, 0.5) is 0 Å². The summed E-state index contributed by atoms with van der Waals surface area (Å²) in [4.78, 5) is 0. The number of rotatable bonds is 8. The average molecular weight is 268 g/mol. The number of methoxy groups -OCH3 is 2. The molecule has 19 heavy (non-hydrogen) atoms. The van der Waals surface area contributed by atoms with Crippen LogP contribution in [0.15, 0.2) is 12.1 Å². The molecular weight excluding hydrogens is 248 g/mol. The highest BCUT2D eigenvalue weighted by molar-refractivity contribution is 5.53. The van der Waals surface area contributed by atoms with Crippen molar-refractivity contribution in [3.8, 4) is 17.2 Å². The van der Waals surface area contributed by atoms with Gasteiger partial charge in [0.25, 0.3) is 0 Å². The van der Waals surface area contributed by atoms with E-state index in [1.807, 2.05) is 0 Å². The van der Waals surface area contributed by atoms with Crippen LogP contribution in [0.3, 0.4) is 0 Å². The number of aliphatic hydroxyl groups excluding tert-OH is 1. The van der Waals surface area contributed by atoms with Gasteiger partial charge in [-0.15, -0.1) is 0 Å². The summed E-state index contributed by atoms with van der Waals surface area (Å²) in [5.41, 5.74) is 0.708. The fourth-order valence-corrected chi connectivity index (χ4v) is 1.77. The second kappa shape index (κ2) is 6.63. The molecule has 0 radical (unpaired) electrons. The van der Waals surface area contributed by atoms with Gasteiger partial charge in [0.1, 0.15) is 0 Å². The van der Waals surface area contributed by atoms with E-state index in [4.69, 9.17) is 18.9 Å². The molecule has 0 aliphatic heterocycles. The third-order valence-electron chi connectivity index (χ3n) is 3.04. The summed E-state index contributed by atoms with van der Waals surface area (Å²) in [7, 11) is 3.10. The molecular formula is C14H20O5. The molecule has 1 N–H and O–H groups in total. The van der Waals surface area contributed by atoms with Gasteiger partial charge >= 0.3 is 0 Å². The van der Waals surface area contributed by atoms with Crippen molar-refractivity contribution in [3.05, 3.63) is 17.7 Å². The first-order chi connectivity index (χ1) is 9.28. The Balaban J connectivity index is 2.02. The van der Waals surface area contributed by atoms with Crippen LogP contribution in [0.2, 0.25) is 0 Å². The van der Waals surface area contributed by atoms with Crippen molar-refractivity contribution in [2.24, 2.45) is 5.92 Å². The Bertz CT molecular complexity index is 389. The zero-order valence-corrected chi connectivity index (χ0v) is 11.3. The summed E-state index contributed by atoms with van der Waals surface area (Å²) in [6.45, 7) is 0.826. The topological polar surface area (TPSA) is 57.2 Å². The quantitative estimate of drug-likeness (QED) is 0.577. The Kier molecular flexibility index (Phi) is 4.87. The van der Waals surface area contributed by atoms with Crippen molar-refractivity contribution >= 4 is 0 Å². The Morgan fingerprint density at radius 1 is 1.16 bits per heavy atom. The van der Waals surface area contributed by atoms with E-state index in [-0.39, 0.29) is 13.4 Å². The van der Waals surface area contributed by atoms with Crippen LogP contribution in [0.25, 0.3) is 0 Å². The Labute approximate surface area is 113 Å². The summed E-state index contributed by atoms with van der Waals surface area (Å²) >= 11 is 0. The summed E-state index contributed by atoms with van der Waals surface area (Å²) in [5.74, 6) is 2.25. The van der Waals surface area contributed by atoms with Gasteiger partial charge in [-0.3, -0.25) is 0 Å². The fraction of sp³-hybridized carbons (Fsp3) is 0.571.